The third-order valence-electron chi connectivity index (χ3n) is 0.144. The van der Waals surface area contributed by atoms with Crippen LogP contribution >= 0.6 is 0 Å². The Morgan fingerprint density at radius 1 is 2.00 bits per heavy atom. The normalized spacial score (nSPS) is 6.80. The number of carbonyl (C=O) groups excluding carboxylic acids is 1. The van der Waals surface area contributed by atoms with Gasteiger partial charge in [0.1, 0.15) is 0 Å². The lowest BCUT2D eigenvalue weighted by Gasteiger charge is -1.77. The van der Waals surface area contributed by atoms with Crippen molar-refractivity contribution in [3.05, 3.63) is 7.11 Å². The summed E-state index contributed by atoms with van der Waals surface area (Å²) in [7, 11) is 5.81. The molecule has 0 amide bonds. The molecular weight excluding hydrogens is 68.0 g/mol. The van der Waals surface area contributed by atoms with Crippen LogP contribution < -0.4 is 0 Å². The van der Waals surface area contributed by atoms with Crippen LogP contribution in [0.5, 0.6) is 0 Å². The zero-order chi connectivity index (χ0) is 4.28. The van der Waals surface area contributed by atoms with Gasteiger partial charge < -0.3 is 4.74 Å². The van der Waals surface area contributed by atoms with Crippen LogP contribution in [0.2, 0.25) is 0 Å². The van der Waals surface area contributed by atoms with E-state index in [0.717, 1.165) is 0 Å². The molecule has 0 aliphatic carbocycles. The highest BCUT2D eigenvalue weighted by molar-refractivity contribution is 5.65. The third-order valence-corrected chi connectivity index (χ3v) is 0.144. The Morgan fingerprint density at radius 3 is 2.20 bits per heavy atom. The number of esters is 1. The summed E-state index contributed by atoms with van der Waals surface area (Å²) in [5.41, 5.74) is 0. The van der Waals surface area contributed by atoms with Gasteiger partial charge in [-0.05, 0) is 0 Å². The van der Waals surface area contributed by atoms with Crippen LogP contribution in [0.3, 0.4) is 0 Å². The van der Waals surface area contributed by atoms with Crippen molar-refractivity contribution in [2.75, 3.05) is 0 Å². The second-order valence-electron chi connectivity index (χ2n) is 0.594. The summed E-state index contributed by atoms with van der Waals surface area (Å²) in [6.45, 7) is 1.17. The van der Waals surface area contributed by atoms with Gasteiger partial charge in [-0.3, -0.25) is 4.79 Å². The Kier molecular flexibility index (Phi) is 1.57. The van der Waals surface area contributed by atoms with E-state index in [-0.39, 0.29) is 0 Å². The largest absolute Gasteiger partial charge is 0.445 e. The second-order valence-corrected chi connectivity index (χ2v) is 0.594. The minimum Gasteiger partial charge on any atom is -0.445 e. The first kappa shape index (κ1) is 4.47. The first-order valence-electron chi connectivity index (χ1n) is 1.11. The summed E-state index contributed by atoms with van der Waals surface area (Å²) in [6, 6.07) is 0. The van der Waals surface area contributed by atoms with Gasteiger partial charge in [0.25, 0.3) is 7.11 Å². The van der Waals surface area contributed by atoms with E-state index in [1.165, 1.54) is 6.92 Å². The highest BCUT2D eigenvalue weighted by atomic mass is 16.5. The van der Waals surface area contributed by atoms with Gasteiger partial charge in [0, 0.05) is 6.92 Å². The molecule has 0 fully saturated rings. The number of carbonyl (C=O) groups is 1. The molecule has 0 spiro atoms. The van der Waals surface area contributed by atoms with Gasteiger partial charge in [-0.1, -0.05) is 0 Å². The quantitative estimate of drug-likeness (QED) is 0.378. The fourth-order valence-corrected chi connectivity index (χ4v) is 0. The molecule has 0 atom stereocenters. The van der Waals surface area contributed by atoms with Gasteiger partial charge in [0.05, 0.1) is 0 Å². The van der Waals surface area contributed by atoms with Crippen LogP contribution in [0.1, 0.15) is 6.92 Å². The Balaban J connectivity index is 2.85. The van der Waals surface area contributed by atoms with E-state index >= 15 is 0 Å². The molecule has 0 saturated heterocycles. The molecule has 0 saturated carbocycles. The smallest absolute Gasteiger partial charge is 0.303 e. The molecule has 5 heavy (non-hydrogen) atoms. The zero-order valence-corrected chi connectivity index (χ0v) is 2.82. The molecule has 2 heteroatoms. The summed E-state index contributed by atoms with van der Waals surface area (Å²) < 4.78 is 3.36. The SMILES string of the molecule is [C]OC(C)=O. The molecule has 0 aromatic heterocycles. The summed E-state index contributed by atoms with van der Waals surface area (Å²) >= 11 is 0. The van der Waals surface area contributed by atoms with Gasteiger partial charge in [0.2, 0.25) is 0 Å². The third kappa shape index (κ3) is 3.47. The van der Waals surface area contributed by atoms with Crippen molar-refractivity contribution in [1.29, 1.82) is 0 Å². The van der Waals surface area contributed by atoms with Gasteiger partial charge >= 0.3 is 5.97 Å². The predicted molar refractivity (Wildman–Crippen MR) is 15.0 cm³/mol. The molecule has 3 radical (unpaired) electrons. The lowest BCUT2D eigenvalue weighted by molar-refractivity contribution is -0.135. The predicted octanol–water partition coefficient (Wildman–Crippen LogP) is 0.0951. The molecule has 27 valence electrons. The molecule has 2 nitrogen and oxygen atoms in total. The van der Waals surface area contributed by atoms with E-state index in [9.17, 15) is 4.79 Å². The molecule has 0 rings (SSSR count). The summed E-state index contributed by atoms with van der Waals surface area (Å²) in [5.74, 6) is -0.579. The van der Waals surface area contributed by atoms with Crippen molar-refractivity contribution >= 4 is 5.97 Å². The summed E-state index contributed by atoms with van der Waals surface area (Å²) in [6.07, 6.45) is 0. The Bertz CT molecular complexity index is 40.2. The van der Waals surface area contributed by atoms with Crippen LogP contribution in [0.15, 0.2) is 0 Å². The average Bonchev–Trinajstić information content (AvgIpc) is 1.38. The Morgan fingerprint density at radius 2 is 2.20 bits per heavy atom. The molecule has 0 N–H and O–H groups in total. The number of hydrogen-bond donors (Lipinski definition) is 0. The first-order valence-corrected chi connectivity index (χ1v) is 1.11. The molecule has 0 aromatic rings. The maximum atomic E-state index is 9.40. The Hall–Kier alpha value is -0.530. The van der Waals surface area contributed by atoms with Crippen molar-refractivity contribution in [2.45, 2.75) is 6.92 Å². The topological polar surface area (TPSA) is 26.3 Å². The molecule has 0 aliphatic rings. The van der Waals surface area contributed by atoms with Crippen molar-refractivity contribution < 1.29 is 9.53 Å². The minimum absolute atomic E-state index is 0.579. The van der Waals surface area contributed by atoms with E-state index in [2.05, 4.69) is 4.74 Å². The van der Waals surface area contributed by atoms with Gasteiger partial charge in [-0.2, -0.15) is 0 Å². The average molecular weight is 71.1 g/mol. The van der Waals surface area contributed by atoms with Crippen molar-refractivity contribution in [3.63, 3.8) is 0 Å². The molecule has 0 unspecified atom stereocenters. The number of hydrogen-bond acceptors (Lipinski definition) is 2. The first-order chi connectivity index (χ1) is 2.27. The summed E-state index contributed by atoms with van der Waals surface area (Å²) in [5, 5.41) is 0. The maximum absolute atomic E-state index is 9.40. The fraction of sp³-hybridized carbons (Fsp3) is 0.333. The van der Waals surface area contributed by atoms with Crippen molar-refractivity contribution in [3.8, 4) is 0 Å². The van der Waals surface area contributed by atoms with Crippen molar-refractivity contribution in [2.24, 2.45) is 0 Å². The summed E-state index contributed by atoms with van der Waals surface area (Å²) in [4.78, 5) is 9.40. The lowest BCUT2D eigenvalue weighted by atomic mass is 10.8. The molecule has 0 bridgehead atoms. The van der Waals surface area contributed by atoms with E-state index in [1.54, 1.807) is 0 Å². The highest BCUT2D eigenvalue weighted by Crippen LogP contribution is 1.63. The van der Waals surface area contributed by atoms with E-state index in [0.29, 0.717) is 0 Å². The maximum Gasteiger partial charge on any atom is 0.303 e. The standard InChI is InChI=1S/C3H3O2/c1-3(4)5-2/h1H3. The molecule has 0 aromatic carbocycles. The minimum atomic E-state index is -0.579. The van der Waals surface area contributed by atoms with E-state index in [1.807, 2.05) is 0 Å². The lowest BCUT2D eigenvalue weighted by Crippen LogP contribution is -1.86. The van der Waals surface area contributed by atoms with Gasteiger partial charge in [-0.15, -0.1) is 0 Å². The fourth-order valence-electron chi connectivity index (χ4n) is 0. The van der Waals surface area contributed by atoms with E-state index < -0.39 is 5.97 Å². The number of ether oxygens (including phenoxy) is 1. The Labute approximate surface area is 30.7 Å². The van der Waals surface area contributed by atoms with Crippen LogP contribution in [0.25, 0.3) is 0 Å². The van der Waals surface area contributed by atoms with Crippen LogP contribution in [-0.2, 0) is 9.53 Å². The van der Waals surface area contributed by atoms with Crippen molar-refractivity contribution in [1.82, 2.24) is 0 Å². The van der Waals surface area contributed by atoms with Gasteiger partial charge in [-0.25, -0.2) is 0 Å². The second kappa shape index (κ2) is 1.76. The van der Waals surface area contributed by atoms with Crippen LogP contribution in [-0.4, -0.2) is 5.97 Å². The van der Waals surface area contributed by atoms with Gasteiger partial charge in [0.15, 0.2) is 0 Å². The monoisotopic (exact) mass is 71.0 g/mol. The van der Waals surface area contributed by atoms with E-state index in [4.69, 9.17) is 7.11 Å². The highest BCUT2D eigenvalue weighted by Gasteiger charge is 1.77. The molecular formula is C3H3O2. The van der Waals surface area contributed by atoms with Crippen LogP contribution in [0, 0.1) is 7.11 Å². The zero-order valence-electron chi connectivity index (χ0n) is 2.82. The van der Waals surface area contributed by atoms with Crippen LogP contribution in [0.4, 0.5) is 0 Å². The molecule has 0 aliphatic heterocycles. The number of rotatable bonds is 0. The molecule has 0 heterocycles.